The van der Waals surface area contributed by atoms with Crippen molar-refractivity contribution in [3.05, 3.63) is 0 Å². The van der Waals surface area contributed by atoms with E-state index in [4.69, 9.17) is 4.74 Å². The van der Waals surface area contributed by atoms with E-state index in [-0.39, 0.29) is 36.9 Å². The number of carbonyl (C=O) groups is 1. The van der Waals surface area contributed by atoms with Gasteiger partial charge in [-0.15, -0.1) is 0 Å². The van der Waals surface area contributed by atoms with Gasteiger partial charge in [0.15, 0.2) is 0 Å². The summed E-state index contributed by atoms with van der Waals surface area (Å²) in [7, 11) is 0. The van der Waals surface area contributed by atoms with Crippen LogP contribution in [0.2, 0.25) is 0 Å². The molecule has 0 aromatic rings. The highest BCUT2D eigenvalue weighted by Gasteiger charge is 2.68. The first-order chi connectivity index (χ1) is 12.1. The lowest BCUT2D eigenvalue weighted by Gasteiger charge is -2.65. The summed E-state index contributed by atoms with van der Waals surface area (Å²) in [5.74, 6) is -0.621. The highest BCUT2D eigenvalue weighted by molar-refractivity contribution is 5.68. The summed E-state index contributed by atoms with van der Waals surface area (Å²) in [6.07, 6.45) is 3.73. The number of hydrogen-bond acceptors (Lipinski definition) is 5. The Bertz CT molecular complexity index is 567. The maximum Gasteiger partial charge on any atom is 0.306 e. The molecule has 0 radical (unpaired) electrons. The number of hydrogen-bond donors (Lipinski definition) is 4. The first-order valence-corrected chi connectivity index (χ1v) is 9.91. The Kier molecular flexibility index (Phi) is 4.96. The van der Waals surface area contributed by atoms with E-state index < -0.39 is 28.7 Å². The van der Waals surface area contributed by atoms with Crippen LogP contribution in [0.25, 0.3) is 0 Å². The first kappa shape index (κ1) is 20.1. The molecule has 1 spiro atoms. The Morgan fingerprint density at radius 1 is 1.08 bits per heavy atom. The summed E-state index contributed by atoms with van der Waals surface area (Å²) in [5, 5.41) is 40.0. The zero-order chi connectivity index (χ0) is 19.4. The number of rotatable bonds is 4. The summed E-state index contributed by atoms with van der Waals surface area (Å²) in [4.78, 5) is 11.4. The predicted molar refractivity (Wildman–Crippen MR) is 95.5 cm³/mol. The van der Waals surface area contributed by atoms with Gasteiger partial charge >= 0.3 is 5.97 Å². The van der Waals surface area contributed by atoms with Gasteiger partial charge in [-0.3, -0.25) is 4.79 Å². The van der Waals surface area contributed by atoms with Crippen molar-refractivity contribution in [3.63, 3.8) is 0 Å². The van der Waals surface area contributed by atoms with Crippen LogP contribution in [0, 0.1) is 22.7 Å². The summed E-state index contributed by atoms with van der Waals surface area (Å²) in [6, 6.07) is 0. The maximum absolute atomic E-state index is 11.4. The monoisotopic (exact) mass is 370 g/mol. The van der Waals surface area contributed by atoms with Crippen LogP contribution >= 0.6 is 0 Å². The Hall–Kier alpha value is -0.690. The third kappa shape index (κ3) is 2.56. The summed E-state index contributed by atoms with van der Waals surface area (Å²) < 4.78 is 6.60. The van der Waals surface area contributed by atoms with Crippen LogP contribution in [0.15, 0.2) is 0 Å². The van der Waals surface area contributed by atoms with Gasteiger partial charge < -0.3 is 25.2 Å². The molecule has 1 aliphatic heterocycles. The molecular formula is C20H34O6. The second-order valence-electron chi connectivity index (χ2n) is 9.57. The van der Waals surface area contributed by atoms with E-state index in [9.17, 15) is 25.2 Å². The lowest BCUT2D eigenvalue weighted by molar-refractivity contribution is -0.271. The second kappa shape index (κ2) is 6.43. The Balaban J connectivity index is 2.02. The standard InChI is InChI=1S/C20H34O6/c1-13-4-5-14-17(2,11-21)15(23)6-7-18(14,3)20(13)9-8-19(12-22,26-20)10-16(24)25/h13-15,21-23H,4-12H2,1-3H3,(H,24,25)/t13-,14?,15+,17+,18+,19+,20-/m1/s1. The van der Waals surface area contributed by atoms with E-state index in [0.29, 0.717) is 19.3 Å². The Labute approximate surface area is 155 Å². The minimum absolute atomic E-state index is 0.0703. The van der Waals surface area contributed by atoms with Crippen LogP contribution < -0.4 is 0 Å². The maximum atomic E-state index is 11.4. The van der Waals surface area contributed by atoms with E-state index in [1.165, 1.54) is 0 Å². The average molecular weight is 370 g/mol. The van der Waals surface area contributed by atoms with E-state index in [2.05, 4.69) is 13.8 Å². The minimum atomic E-state index is -1.03. The molecular weight excluding hydrogens is 336 g/mol. The molecule has 0 aromatic carbocycles. The molecule has 2 saturated carbocycles. The molecule has 7 atom stereocenters. The van der Waals surface area contributed by atoms with Gasteiger partial charge in [-0.1, -0.05) is 20.8 Å². The molecule has 2 aliphatic carbocycles. The predicted octanol–water partition coefficient (Wildman–Crippen LogP) is 1.95. The normalized spacial score (nSPS) is 51.4. The molecule has 6 heteroatoms. The largest absolute Gasteiger partial charge is 0.481 e. The van der Waals surface area contributed by atoms with Crippen LogP contribution in [0.1, 0.15) is 65.7 Å². The van der Waals surface area contributed by atoms with Crippen molar-refractivity contribution in [1.82, 2.24) is 0 Å². The quantitative estimate of drug-likeness (QED) is 0.602. The van der Waals surface area contributed by atoms with Gasteiger partial charge in [0.2, 0.25) is 0 Å². The second-order valence-corrected chi connectivity index (χ2v) is 9.57. The lowest BCUT2D eigenvalue weighted by atomic mass is 9.43. The number of aliphatic carboxylic acids is 1. The average Bonchev–Trinajstić information content (AvgIpc) is 2.98. The van der Waals surface area contributed by atoms with Crippen molar-refractivity contribution in [1.29, 1.82) is 0 Å². The van der Waals surface area contributed by atoms with E-state index in [1.54, 1.807) is 0 Å². The number of fused-ring (bicyclic) bond motifs is 2. The smallest absolute Gasteiger partial charge is 0.306 e. The molecule has 26 heavy (non-hydrogen) atoms. The molecule has 3 fully saturated rings. The summed E-state index contributed by atoms with van der Waals surface area (Å²) in [5.41, 5.74) is -2.40. The number of carboxylic acid groups (broad SMARTS) is 1. The Morgan fingerprint density at radius 3 is 2.35 bits per heavy atom. The summed E-state index contributed by atoms with van der Waals surface area (Å²) in [6.45, 7) is 5.96. The van der Waals surface area contributed by atoms with Crippen molar-refractivity contribution in [2.75, 3.05) is 13.2 Å². The van der Waals surface area contributed by atoms with E-state index in [0.717, 1.165) is 19.3 Å². The van der Waals surface area contributed by atoms with Gasteiger partial charge in [-0.2, -0.15) is 0 Å². The highest BCUT2D eigenvalue weighted by Crippen LogP contribution is 2.67. The van der Waals surface area contributed by atoms with Gasteiger partial charge in [-0.25, -0.2) is 0 Å². The van der Waals surface area contributed by atoms with E-state index in [1.807, 2.05) is 6.92 Å². The zero-order valence-corrected chi connectivity index (χ0v) is 16.2. The van der Waals surface area contributed by atoms with E-state index >= 15 is 0 Å². The summed E-state index contributed by atoms with van der Waals surface area (Å²) >= 11 is 0. The molecule has 4 N–H and O–H groups in total. The van der Waals surface area contributed by atoms with Crippen molar-refractivity contribution in [3.8, 4) is 0 Å². The van der Waals surface area contributed by atoms with Crippen LogP contribution in [0.4, 0.5) is 0 Å². The molecule has 1 unspecified atom stereocenters. The SMILES string of the molecule is C[C@@H]1CCC2[C@](C)(CO)[C@@H](O)CC[C@]2(C)[C@@]12CC[C@@](CO)(CC(=O)O)O2. The van der Waals surface area contributed by atoms with Gasteiger partial charge in [0, 0.05) is 10.8 Å². The number of aliphatic hydroxyl groups excluding tert-OH is 3. The molecule has 1 saturated heterocycles. The van der Waals surface area contributed by atoms with Crippen molar-refractivity contribution in [2.45, 2.75) is 83.0 Å². The van der Waals surface area contributed by atoms with Gasteiger partial charge in [-0.05, 0) is 50.4 Å². The van der Waals surface area contributed by atoms with Gasteiger partial charge in [0.25, 0.3) is 0 Å². The molecule has 6 nitrogen and oxygen atoms in total. The van der Waals surface area contributed by atoms with Gasteiger partial charge in [0.1, 0.15) is 5.60 Å². The fraction of sp³-hybridized carbons (Fsp3) is 0.950. The Morgan fingerprint density at radius 2 is 1.77 bits per heavy atom. The fourth-order valence-corrected chi connectivity index (χ4v) is 6.70. The number of carboxylic acids is 1. The first-order valence-electron chi connectivity index (χ1n) is 9.91. The van der Waals surface area contributed by atoms with Crippen LogP contribution in [-0.2, 0) is 9.53 Å². The fourth-order valence-electron chi connectivity index (χ4n) is 6.70. The third-order valence-electron chi connectivity index (χ3n) is 8.37. The topological polar surface area (TPSA) is 107 Å². The van der Waals surface area contributed by atoms with Crippen molar-refractivity contribution < 1.29 is 30.0 Å². The van der Waals surface area contributed by atoms with Crippen LogP contribution in [0.3, 0.4) is 0 Å². The molecule has 3 rings (SSSR count). The van der Waals surface area contributed by atoms with Crippen LogP contribution in [-0.4, -0.2) is 56.9 Å². The van der Waals surface area contributed by atoms with Crippen molar-refractivity contribution >= 4 is 5.97 Å². The molecule has 1 heterocycles. The van der Waals surface area contributed by atoms with Crippen LogP contribution in [0.5, 0.6) is 0 Å². The lowest BCUT2D eigenvalue weighted by Crippen LogP contribution is -2.66. The molecule has 0 aromatic heterocycles. The molecule has 3 aliphatic rings. The highest BCUT2D eigenvalue weighted by atomic mass is 16.5. The third-order valence-corrected chi connectivity index (χ3v) is 8.37. The number of aliphatic hydroxyl groups is 3. The molecule has 0 amide bonds. The van der Waals surface area contributed by atoms with Crippen molar-refractivity contribution in [2.24, 2.45) is 22.7 Å². The molecule has 0 bridgehead atoms. The minimum Gasteiger partial charge on any atom is -0.481 e. The van der Waals surface area contributed by atoms with Gasteiger partial charge in [0.05, 0.1) is 31.3 Å². The zero-order valence-electron chi connectivity index (χ0n) is 16.2. The number of ether oxygens (including phenoxy) is 1. The molecule has 150 valence electrons.